The lowest BCUT2D eigenvalue weighted by Crippen LogP contribution is -2.17. The molecule has 0 heterocycles. The van der Waals surface area contributed by atoms with Crippen molar-refractivity contribution in [1.29, 1.82) is 0 Å². The fourth-order valence-corrected chi connectivity index (χ4v) is 1.12. The van der Waals surface area contributed by atoms with Gasteiger partial charge in [0, 0.05) is 7.05 Å². The first-order valence-electron chi connectivity index (χ1n) is 3.48. The molecule has 2 nitrogen and oxygen atoms in total. The third-order valence-corrected chi connectivity index (χ3v) is 1.88. The maximum atomic E-state index is 12.1. The summed E-state index contributed by atoms with van der Waals surface area (Å²) in [5, 5.41) is 0. The van der Waals surface area contributed by atoms with Crippen LogP contribution in [-0.4, -0.2) is 22.7 Å². The highest BCUT2D eigenvalue weighted by atomic mass is 79.9. The van der Waals surface area contributed by atoms with Crippen LogP contribution in [0.5, 0.6) is 0 Å². The molecule has 0 amide bonds. The van der Waals surface area contributed by atoms with Gasteiger partial charge in [0.25, 0.3) is 0 Å². The van der Waals surface area contributed by atoms with Crippen molar-refractivity contribution < 1.29 is 4.39 Å². The first kappa shape index (κ1) is 11.9. The number of nitrogens with zero attached hydrogens (tertiary/aromatic N) is 2. The van der Waals surface area contributed by atoms with Crippen molar-refractivity contribution in [2.45, 2.75) is 13.3 Å². The molecule has 0 aliphatic rings. The molecule has 0 radical (unpaired) electrons. The van der Waals surface area contributed by atoms with Gasteiger partial charge < -0.3 is 0 Å². The second-order valence-corrected chi connectivity index (χ2v) is 3.42. The molecular weight excluding hydrogens is 246 g/mol. The summed E-state index contributed by atoms with van der Waals surface area (Å²) < 4.78 is 13.7. The van der Waals surface area contributed by atoms with Crippen LogP contribution in [0, 0.1) is 0 Å². The minimum absolute atomic E-state index is 0.249. The number of hydrogen-bond donors (Lipinski definition) is 0. The fraction of sp³-hybridized carbons (Fsp3) is 0.571. The smallest absolute Gasteiger partial charge is 0.129 e. The average Bonchev–Trinajstić information content (AvgIpc) is 2.06. The van der Waals surface area contributed by atoms with Gasteiger partial charge in [-0.2, -0.15) is 0 Å². The first-order chi connectivity index (χ1) is 5.65. The van der Waals surface area contributed by atoms with E-state index < -0.39 is 0 Å². The third kappa shape index (κ3) is 4.07. The zero-order chi connectivity index (χ0) is 9.56. The Bertz CT molecular complexity index is 192. The maximum absolute atomic E-state index is 12.1. The highest BCUT2D eigenvalue weighted by molar-refractivity contribution is 9.07. The molecule has 0 bridgehead atoms. The van der Waals surface area contributed by atoms with E-state index in [1.165, 1.54) is 0 Å². The standard InChI is InChI=1S/C7H11BrClFN2/c1-3-6(5-10)11-7(4-9)12(2)8/h5H,3-4H2,1-2H3/b6-5-,11-7-. The van der Waals surface area contributed by atoms with Crippen molar-refractivity contribution in [1.82, 2.24) is 3.93 Å². The number of hydrogen-bond acceptors (Lipinski definition) is 1. The Labute approximate surface area is 85.4 Å². The van der Waals surface area contributed by atoms with Crippen molar-refractivity contribution in [2.75, 3.05) is 12.9 Å². The highest BCUT2D eigenvalue weighted by Gasteiger charge is 2.02. The van der Waals surface area contributed by atoms with Gasteiger partial charge in [0.05, 0.1) is 27.7 Å². The molecular formula is C7H11BrClFN2. The van der Waals surface area contributed by atoms with E-state index in [1.807, 2.05) is 6.92 Å². The molecule has 0 rings (SSSR count). The van der Waals surface area contributed by atoms with Gasteiger partial charge in [-0.25, -0.2) is 9.38 Å². The fourth-order valence-electron chi connectivity index (χ4n) is 0.528. The minimum Gasteiger partial charge on any atom is -0.299 e. The van der Waals surface area contributed by atoms with Crippen molar-refractivity contribution >= 4 is 33.6 Å². The van der Waals surface area contributed by atoms with Crippen LogP contribution in [0.4, 0.5) is 4.39 Å². The third-order valence-electron chi connectivity index (χ3n) is 1.24. The SMILES string of the molecule is CCC(=C/F)/N=C(/CCl)N(C)Br. The van der Waals surface area contributed by atoms with Gasteiger partial charge >= 0.3 is 0 Å². The predicted molar refractivity (Wildman–Crippen MR) is 54.3 cm³/mol. The van der Waals surface area contributed by atoms with Gasteiger partial charge in [0.1, 0.15) is 12.2 Å². The van der Waals surface area contributed by atoms with Crippen LogP contribution in [0.2, 0.25) is 0 Å². The predicted octanol–water partition coefficient (Wildman–Crippen LogP) is 3.09. The number of aliphatic imine (C=N–C) groups is 1. The van der Waals surface area contributed by atoms with Gasteiger partial charge in [0.2, 0.25) is 0 Å². The van der Waals surface area contributed by atoms with Gasteiger partial charge in [-0.15, -0.1) is 11.6 Å². The molecule has 0 aliphatic heterocycles. The van der Waals surface area contributed by atoms with E-state index in [1.54, 1.807) is 11.0 Å². The molecule has 0 saturated carbocycles. The number of alkyl halides is 1. The lowest BCUT2D eigenvalue weighted by Gasteiger charge is -2.10. The summed E-state index contributed by atoms with van der Waals surface area (Å²) in [6.45, 7) is 1.83. The Morgan fingerprint density at radius 1 is 1.75 bits per heavy atom. The summed E-state index contributed by atoms with van der Waals surface area (Å²) in [5.41, 5.74) is 0.386. The van der Waals surface area contributed by atoms with Crippen molar-refractivity contribution in [3.63, 3.8) is 0 Å². The van der Waals surface area contributed by atoms with Gasteiger partial charge in [-0.05, 0) is 6.42 Å². The minimum atomic E-state index is 0.249. The van der Waals surface area contributed by atoms with Crippen LogP contribution in [0.25, 0.3) is 0 Å². The summed E-state index contributed by atoms with van der Waals surface area (Å²) >= 11 is 8.72. The van der Waals surface area contributed by atoms with Crippen LogP contribution in [0.15, 0.2) is 17.0 Å². The first-order valence-corrected chi connectivity index (χ1v) is 4.72. The van der Waals surface area contributed by atoms with E-state index in [9.17, 15) is 4.39 Å². The summed E-state index contributed by atoms with van der Waals surface area (Å²) in [4.78, 5) is 3.98. The van der Waals surface area contributed by atoms with Crippen LogP contribution in [0.1, 0.15) is 13.3 Å². The van der Waals surface area contributed by atoms with Crippen LogP contribution < -0.4 is 0 Å². The molecule has 12 heavy (non-hydrogen) atoms. The Morgan fingerprint density at radius 2 is 2.33 bits per heavy atom. The zero-order valence-corrected chi connectivity index (χ0v) is 9.36. The molecule has 5 heteroatoms. The van der Waals surface area contributed by atoms with Gasteiger partial charge in [0.15, 0.2) is 0 Å². The van der Waals surface area contributed by atoms with E-state index in [4.69, 9.17) is 11.6 Å². The van der Waals surface area contributed by atoms with Crippen LogP contribution in [-0.2, 0) is 0 Å². The molecule has 0 unspecified atom stereocenters. The lowest BCUT2D eigenvalue weighted by atomic mass is 10.4. The largest absolute Gasteiger partial charge is 0.299 e. The number of halogens is 3. The molecule has 0 saturated heterocycles. The second kappa shape index (κ2) is 6.43. The second-order valence-electron chi connectivity index (χ2n) is 2.09. The molecule has 0 spiro atoms. The number of amidine groups is 1. The molecule has 0 aromatic carbocycles. The highest BCUT2D eigenvalue weighted by Crippen LogP contribution is 2.07. The molecule has 70 valence electrons. The zero-order valence-electron chi connectivity index (χ0n) is 7.02. The molecule has 0 aliphatic carbocycles. The Morgan fingerprint density at radius 3 is 2.58 bits per heavy atom. The van der Waals surface area contributed by atoms with Crippen molar-refractivity contribution in [3.05, 3.63) is 12.0 Å². The molecule has 0 fully saturated rings. The molecule has 0 atom stereocenters. The van der Waals surface area contributed by atoms with Crippen molar-refractivity contribution in [3.8, 4) is 0 Å². The van der Waals surface area contributed by atoms with E-state index in [0.717, 1.165) is 0 Å². The molecule has 0 N–H and O–H groups in total. The summed E-state index contributed by atoms with van der Waals surface area (Å²) in [6.07, 6.45) is 1.04. The Hall–Kier alpha value is -0.0900. The van der Waals surface area contributed by atoms with E-state index in [0.29, 0.717) is 24.3 Å². The topological polar surface area (TPSA) is 15.6 Å². The summed E-state index contributed by atoms with van der Waals surface area (Å²) in [7, 11) is 1.74. The average molecular weight is 258 g/mol. The van der Waals surface area contributed by atoms with Gasteiger partial charge in [-0.1, -0.05) is 6.92 Å². The monoisotopic (exact) mass is 256 g/mol. The Balaban J connectivity index is 4.47. The number of rotatable bonds is 3. The quantitative estimate of drug-likeness (QED) is 0.328. The summed E-state index contributed by atoms with van der Waals surface area (Å²) in [6, 6.07) is 0. The lowest BCUT2D eigenvalue weighted by molar-refractivity contribution is 0.698. The number of allylic oxidation sites excluding steroid dienone is 1. The van der Waals surface area contributed by atoms with E-state index in [2.05, 4.69) is 21.1 Å². The maximum Gasteiger partial charge on any atom is 0.129 e. The Kier molecular flexibility index (Phi) is 6.38. The summed E-state index contributed by atoms with van der Waals surface area (Å²) in [5.74, 6) is 0.835. The van der Waals surface area contributed by atoms with Gasteiger partial charge in [-0.3, -0.25) is 3.93 Å². The van der Waals surface area contributed by atoms with Crippen LogP contribution in [0.3, 0.4) is 0 Å². The van der Waals surface area contributed by atoms with E-state index >= 15 is 0 Å². The normalized spacial score (nSPS) is 13.4. The van der Waals surface area contributed by atoms with E-state index in [-0.39, 0.29) is 5.88 Å². The molecule has 0 aromatic rings. The molecule has 0 aromatic heterocycles. The van der Waals surface area contributed by atoms with Crippen LogP contribution >= 0.6 is 27.7 Å². The van der Waals surface area contributed by atoms with Crippen molar-refractivity contribution in [2.24, 2.45) is 4.99 Å².